The van der Waals surface area contributed by atoms with Gasteiger partial charge in [0.2, 0.25) is 0 Å². The Morgan fingerprint density at radius 1 is 1.03 bits per heavy atom. The van der Waals surface area contributed by atoms with Crippen LogP contribution in [0.1, 0.15) is 18.6 Å². The quantitative estimate of drug-likeness (QED) is 0.297. The van der Waals surface area contributed by atoms with Crippen molar-refractivity contribution in [1.29, 1.82) is 0 Å². The third-order valence-electron chi connectivity index (χ3n) is 5.64. The number of aromatic hydroxyl groups is 3. The fourth-order valence-electron chi connectivity index (χ4n) is 3.97. The molecule has 0 radical (unpaired) electrons. The first-order valence-electron chi connectivity index (χ1n) is 10.3. The number of hydrogen-bond acceptors (Lipinski definition) is 12. The molecule has 0 amide bonds. The molecule has 13 nitrogen and oxygen atoms in total. The molecule has 36 heavy (non-hydrogen) atoms. The van der Waals surface area contributed by atoms with Gasteiger partial charge in [-0.2, -0.15) is 8.42 Å². The normalized spacial score (nSPS) is 22.6. The molecular formula is C22H20O13S. The molecule has 1 fully saturated rings. The van der Waals surface area contributed by atoms with Crippen LogP contribution in [0, 0.1) is 0 Å². The van der Waals surface area contributed by atoms with Crippen molar-refractivity contribution in [3.05, 3.63) is 46.1 Å². The number of rotatable bonds is 5. The van der Waals surface area contributed by atoms with Gasteiger partial charge < -0.3 is 34.3 Å². The number of carbonyl (C=O) groups is 1. The minimum absolute atomic E-state index is 0.00603. The number of aliphatic hydroxyl groups is 1. The second-order valence-electron chi connectivity index (χ2n) is 7.93. The summed E-state index contributed by atoms with van der Waals surface area (Å²) in [5.74, 6) is -2.70. The van der Waals surface area contributed by atoms with Crippen LogP contribution in [0.25, 0.3) is 22.3 Å². The Balaban J connectivity index is 1.89. The molecule has 0 spiro atoms. The molecule has 4 rings (SSSR count). The Hall–Kier alpha value is -3.69. The summed E-state index contributed by atoms with van der Waals surface area (Å²) in [5.41, 5.74) is -1.33. The molecular weight excluding hydrogens is 504 g/mol. The van der Waals surface area contributed by atoms with Crippen LogP contribution in [0.3, 0.4) is 0 Å². The molecule has 1 aliphatic heterocycles. The van der Waals surface area contributed by atoms with Crippen LogP contribution in [-0.4, -0.2) is 64.6 Å². The van der Waals surface area contributed by atoms with Gasteiger partial charge in [0.1, 0.15) is 52.6 Å². The maximum atomic E-state index is 13.0. The zero-order valence-electron chi connectivity index (χ0n) is 18.6. The highest BCUT2D eigenvalue weighted by atomic mass is 32.3. The van der Waals surface area contributed by atoms with E-state index in [1.807, 2.05) is 0 Å². The molecule has 192 valence electrons. The highest BCUT2D eigenvalue weighted by molar-refractivity contribution is 7.80. The third kappa shape index (κ3) is 4.47. The number of carbonyl (C=O) groups excluding carboxylic acids is 1. The van der Waals surface area contributed by atoms with Crippen LogP contribution in [0.2, 0.25) is 0 Å². The zero-order chi connectivity index (χ0) is 26.5. The lowest BCUT2D eigenvalue weighted by Gasteiger charge is -2.36. The van der Waals surface area contributed by atoms with Crippen molar-refractivity contribution in [2.24, 2.45) is 0 Å². The van der Waals surface area contributed by atoms with E-state index in [9.17, 15) is 38.4 Å². The second kappa shape index (κ2) is 9.07. The number of benzene rings is 2. The predicted octanol–water partition coefficient (Wildman–Crippen LogP) is 1.16. The number of phenolic OH excluding ortho intramolecular Hbond substituents is 3. The van der Waals surface area contributed by atoms with Crippen molar-refractivity contribution >= 4 is 27.2 Å². The lowest BCUT2D eigenvalue weighted by molar-refractivity contribution is -0.177. The number of aliphatic hydroxyl groups excluding tert-OH is 1. The van der Waals surface area contributed by atoms with E-state index in [2.05, 4.69) is 4.18 Å². The van der Waals surface area contributed by atoms with Gasteiger partial charge in [0.15, 0.2) is 22.7 Å². The first kappa shape index (κ1) is 25.4. The van der Waals surface area contributed by atoms with E-state index in [1.165, 1.54) is 32.2 Å². The van der Waals surface area contributed by atoms with Crippen LogP contribution in [0.5, 0.6) is 23.0 Å². The summed E-state index contributed by atoms with van der Waals surface area (Å²) >= 11 is 0. The van der Waals surface area contributed by atoms with E-state index in [0.29, 0.717) is 5.56 Å². The van der Waals surface area contributed by atoms with E-state index < -0.39 is 68.5 Å². The Morgan fingerprint density at radius 3 is 2.36 bits per heavy atom. The number of phenols is 3. The third-order valence-corrected chi connectivity index (χ3v) is 6.11. The smallest absolute Gasteiger partial charge is 0.397 e. The molecule has 0 bridgehead atoms. The average molecular weight is 524 g/mol. The molecule has 3 aromatic rings. The zero-order valence-corrected chi connectivity index (χ0v) is 19.4. The average Bonchev–Trinajstić information content (AvgIpc) is 2.79. The highest BCUT2D eigenvalue weighted by Crippen LogP contribution is 2.45. The van der Waals surface area contributed by atoms with Gasteiger partial charge in [0.05, 0.1) is 12.7 Å². The Labute approximate surface area is 202 Å². The summed E-state index contributed by atoms with van der Waals surface area (Å²) in [6.45, 7) is 1.23. The van der Waals surface area contributed by atoms with Gasteiger partial charge in [-0.1, -0.05) is 0 Å². The van der Waals surface area contributed by atoms with Gasteiger partial charge in [-0.3, -0.25) is 14.1 Å². The Kier molecular flexibility index (Phi) is 6.40. The van der Waals surface area contributed by atoms with E-state index in [4.69, 9.17) is 18.4 Å². The van der Waals surface area contributed by atoms with Gasteiger partial charge in [-0.25, -0.2) is 4.18 Å². The van der Waals surface area contributed by atoms with Crippen molar-refractivity contribution < 1.29 is 56.3 Å². The largest absolute Gasteiger partial charge is 0.507 e. The molecule has 5 N–H and O–H groups in total. The lowest BCUT2D eigenvalue weighted by Crippen LogP contribution is -2.52. The van der Waals surface area contributed by atoms with Gasteiger partial charge in [0, 0.05) is 17.7 Å². The van der Waals surface area contributed by atoms with Gasteiger partial charge in [0.25, 0.3) is 0 Å². The Bertz CT molecular complexity index is 1530. The maximum absolute atomic E-state index is 13.0. The summed E-state index contributed by atoms with van der Waals surface area (Å²) in [6, 6.07) is 6.08. The minimum Gasteiger partial charge on any atom is -0.507 e. The topological polar surface area (TPSA) is 210 Å². The van der Waals surface area contributed by atoms with Crippen molar-refractivity contribution in [2.75, 3.05) is 7.11 Å². The van der Waals surface area contributed by atoms with Crippen molar-refractivity contribution in [3.8, 4) is 34.3 Å². The molecule has 1 aliphatic rings. The highest BCUT2D eigenvalue weighted by Gasteiger charge is 2.48. The van der Waals surface area contributed by atoms with E-state index in [-0.39, 0.29) is 22.8 Å². The Morgan fingerprint density at radius 2 is 1.72 bits per heavy atom. The van der Waals surface area contributed by atoms with Gasteiger partial charge in [-0.15, -0.1) is 0 Å². The molecule has 0 aliphatic carbocycles. The lowest BCUT2D eigenvalue weighted by atomic mass is 9.91. The van der Waals surface area contributed by atoms with Gasteiger partial charge in [-0.05, 0) is 25.1 Å². The predicted molar refractivity (Wildman–Crippen MR) is 120 cm³/mol. The fraction of sp³-hybridized carbons (Fsp3) is 0.273. The maximum Gasteiger partial charge on any atom is 0.397 e. The summed E-state index contributed by atoms with van der Waals surface area (Å²) in [6.07, 6.45) is -7.37. The van der Waals surface area contributed by atoms with E-state index in [0.717, 1.165) is 12.1 Å². The summed E-state index contributed by atoms with van der Waals surface area (Å²) in [5, 5.41) is 41.2. The molecule has 2 heterocycles. The molecule has 1 saturated heterocycles. The number of hydrogen-bond donors (Lipinski definition) is 5. The van der Waals surface area contributed by atoms with Crippen LogP contribution in [0.15, 0.2) is 39.5 Å². The van der Waals surface area contributed by atoms with Crippen molar-refractivity contribution in [1.82, 2.24) is 0 Å². The van der Waals surface area contributed by atoms with E-state index >= 15 is 0 Å². The second-order valence-corrected chi connectivity index (χ2v) is 8.98. The van der Waals surface area contributed by atoms with Crippen LogP contribution in [-0.2, 0) is 24.1 Å². The first-order valence-corrected chi connectivity index (χ1v) is 11.6. The number of ether oxygens (including phenoxy) is 2. The monoisotopic (exact) mass is 524 g/mol. The molecule has 2 aromatic carbocycles. The van der Waals surface area contributed by atoms with Crippen LogP contribution >= 0.6 is 0 Å². The minimum atomic E-state index is -5.22. The fourth-order valence-corrected chi connectivity index (χ4v) is 4.45. The molecule has 1 aromatic heterocycles. The standard InChI is InChI=1S/C22H20O13S/c1-8-18(26)20(28)22(35-36(29,30)31)21(33-8)17-12(25)7-15-16(19(17)27)11(24)6-13(34-15)9-3-4-10(23)14(5-9)32-2/h3-8,20-23,25,27-28H,1-2H3,(H,29,30,31). The van der Waals surface area contributed by atoms with Crippen LogP contribution < -0.4 is 10.2 Å². The SMILES string of the molecule is COc1cc(-c2cc(=O)c3c(O)c(C4OC(C)C(=O)C(O)C4OS(=O)(=O)O)c(O)cc3o2)ccc1O. The first-order chi connectivity index (χ1) is 16.8. The summed E-state index contributed by atoms with van der Waals surface area (Å²) in [7, 11) is -3.90. The number of methoxy groups -OCH3 is 1. The van der Waals surface area contributed by atoms with Crippen molar-refractivity contribution in [2.45, 2.75) is 31.3 Å². The van der Waals surface area contributed by atoms with Gasteiger partial charge >= 0.3 is 10.4 Å². The van der Waals surface area contributed by atoms with Crippen LogP contribution in [0.4, 0.5) is 0 Å². The molecule has 0 saturated carbocycles. The van der Waals surface area contributed by atoms with E-state index in [1.54, 1.807) is 0 Å². The number of ketones is 1. The summed E-state index contributed by atoms with van der Waals surface area (Å²) < 4.78 is 52.3. The number of fused-ring (bicyclic) bond motifs is 1. The molecule has 4 atom stereocenters. The molecule has 14 heteroatoms. The van der Waals surface area contributed by atoms with Crippen molar-refractivity contribution in [3.63, 3.8) is 0 Å². The summed E-state index contributed by atoms with van der Waals surface area (Å²) in [4.78, 5) is 25.1. The molecule has 4 unspecified atom stereocenters. The number of Topliss-reactive ketones (excluding diaryl/α,β-unsaturated/α-hetero) is 1.